The second-order valence-electron chi connectivity index (χ2n) is 7.62. The van der Waals surface area contributed by atoms with E-state index in [1.807, 2.05) is 77.7 Å². The predicted molar refractivity (Wildman–Crippen MR) is 140 cm³/mol. The lowest BCUT2D eigenvalue weighted by atomic mass is 10.1. The lowest BCUT2D eigenvalue weighted by Crippen LogP contribution is -2.48. The van der Waals surface area contributed by atoms with E-state index >= 15 is 0 Å². The van der Waals surface area contributed by atoms with Gasteiger partial charge in [0.15, 0.2) is 0 Å². The molecule has 0 spiro atoms. The second kappa shape index (κ2) is 11.1. The van der Waals surface area contributed by atoms with Crippen molar-refractivity contribution < 1.29 is 9.59 Å². The molecule has 0 unspecified atom stereocenters. The quantitative estimate of drug-likeness (QED) is 0.399. The Hall–Kier alpha value is -2.48. The van der Waals surface area contributed by atoms with Crippen LogP contribution < -0.4 is 10.2 Å². The zero-order valence-corrected chi connectivity index (χ0v) is 21.0. The van der Waals surface area contributed by atoms with Crippen LogP contribution in [0.2, 0.25) is 5.02 Å². The lowest BCUT2D eigenvalue weighted by molar-refractivity contribution is -0.113. The van der Waals surface area contributed by atoms with E-state index in [1.165, 1.54) is 11.8 Å². The number of piperazine rings is 1. The van der Waals surface area contributed by atoms with Crippen LogP contribution in [0.25, 0.3) is 0 Å². The Labute approximate surface area is 211 Å². The Balaban J connectivity index is 1.25. The summed E-state index contributed by atoms with van der Waals surface area (Å²) in [5, 5.41) is 3.62. The Morgan fingerprint density at radius 2 is 1.52 bits per heavy atom. The Kier molecular flexibility index (Phi) is 7.96. The number of hydrogen-bond donors (Lipinski definition) is 1. The predicted octanol–water partition coefficient (Wildman–Crippen LogP) is 5.80. The molecule has 0 radical (unpaired) electrons. The van der Waals surface area contributed by atoms with Crippen LogP contribution >= 0.6 is 39.3 Å². The highest BCUT2D eigenvalue weighted by molar-refractivity contribution is 9.10. The number of nitrogens with zero attached hydrogens (tertiary/aromatic N) is 2. The van der Waals surface area contributed by atoms with Crippen molar-refractivity contribution in [2.45, 2.75) is 4.90 Å². The molecule has 0 aromatic heterocycles. The molecule has 170 valence electrons. The van der Waals surface area contributed by atoms with E-state index in [2.05, 4.69) is 26.1 Å². The topological polar surface area (TPSA) is 52.7 Å². The average molecular weight is 545 g/mol. The molecule has 1 fully saturated rings. The minimum absolute atomic E-state index is 0.0530. The van der Waals surface area contributed by atoms with Crippen molar-refractivity contribution in [2.75, 3.05) is 42.1 Å². The van der Waals surface area contributed by atoms with Crippen molar-refractivity contribution >= 4 is 62.5 Å². The first-order chi connectivity index (χ1) is 16.0. The molecule has 5 nitrogen and oxygen atoms in total. The van der Waals surface area contributed by atoms with E-state index in [0.717, 1.165) is 33.8 Å². The van der Waals surface area contributed by atoms with Crippen LogP contribution in [0.1, 0.15) is 10.4 Å². The van der Waals surface area contributed by atoms with Crippen LogP contribution in [-0.2, 0) is 4.79 Å². The van der Waals surface area contributed by atoms with Crippen molar-refractivity contribution in [3.63, 3.8) is 0 Å². The monoisotopic (exact) mass is 543 g/mol. The number of hydrogen-bond acceptors (Lipinski definition) is 4. The lowest BCUT2D eigenvalue weighted by Gasteiger charge is -2.36. The molecule has 3 aromatic rings. The van der Waals surface area contributed by atoms with Crippen molar-refractivity contribution in [1.82, 2.24) is 4.90 Å². The number of amides is 2. The van der Waals surface area contributed by atoms with Gasteiger partial charge in [0.1, 0.15) is 0 Å². The van der Waals surface area contributed by atoms with Gasteiger partial charge >= 0.3 is 0 Å². The maximum absolute atomic E-state index is 12.7. The summed E-state index contributed by atoms with van der Waals surface area (Å²) in [4.78, 5) is 30.1. The van der Waals surface area contributed by atoms with Crippen LogP contribution in [0.5, 0.6) is 0 Å². The van der Waals surface area contributed by atoms with Crippen LogP contribution in [-0.4, -0.2) is 48.6 Å². The van der Waals surface area contributed by atoms with Crippen LogP contribution in [0.4, 0.5) is 11.4 Å². The molecule has 3 aromatic carbocycles. The Morgan fingerprint density at radius 1 is 0.879 bits per heavy atom. The van der Waals surface area contributed by atoms with Crippen molar-refractivity contribution in [2.24, 2.45) is 0 Å². The number of nitrogens with one attached hydrogen (secondary N) is 1. The number of rotatable bonds is 6. The average Bonchev–Trinajstić information content (AvgIpc) is 2.84. The third-order valence-corrected chi connectivity index (χ3v) is 7.15. The molecule has 0 bridgehead atoms. The van der Waals surface area contributed by atoms with Gasteiger partial charge in [0.05, 0.1) is 5.75 Å². The molecular formula is C25H23BrClN3O2S. The van der Waals surface area contributed by atoms with Gasteiger partial charge in [-0.2, -0.15) is 0 Å². The van der Waals surface area contributed by atoms with Gasteiger partial charge in [-0.1, -0.05) is 27.5 Å². The Morgan fingerprint density at radius 3 is 2.15 bits per heavy atom. The highest BCUT2D eigenvalue weighted by Gasteiger charge is 2.22. The number of benzene rings is 3. The van der Waals surface area contributed by atoms with E-state index in [1.54, 1.807) is 0 Å². The van der Waals surface area contributed by atoms with E-state index in [9.17, 15) is 9.59 Å². The molecular weight excluding hydrogens is 522 g/mol. The maximum Gasteiger partial charge on any atom is 0.253 e. The van der Waals surface area contributed by atoms with E-state index in [-0.39, 0.29) is 11.8 Å². The number of halogens is 2. The molecule has 2 amide bonds. The number of anilines is 2. The number of thioether (sulfide) groups is 1. The molecule has 8 heteroatoms. The molecule has 0 saturated carbocycles. The molecule has 1 aliphatic rings. The fourth-order valence-corrected chi connectivity index (χ4v) is 4.66. The van der Waals surface area contributed by atoms with E-state index in [4.69, 9.17) is 11.6 Å². The Bertz CT molecular complexity index is 1100. The summed E-state index contributed by atoms with van der Waals surface area (Å²) in [6.07, 6.45) is 0. The summed E-state index contributed by atoms with van der Waals surface area (Å²) < 4.78 is 0.962. The summed E-state index contributed by atoms with van der Waals surface area (Å²) in [5.41, 5.74) is 2.56. The summed E-state index contributed by atoms with van der Waals surface area (Å²) in [5.74, 6) is 0.344. The van der Waals surface area contributed by atoms with E-state index < -0.39 is 0 Å². The van der Waals surface area contributed by atoms with Crippen LogP contribution in [0.3, 0.4) is 0 Å². The second-order valence-corrected chi connectivity index (χ2v) is 10.0. The molecule has 1 N–H and O–H groups in total. The fourth-order valence-electron chi connectivity index (χ4n) is 3.58. The molecule has 33 heavy (non-hydrogen) atoms. The van der Waals surface area contributed by atoms with Crippen LogP contribution in [0.15, 0.2) is 82.2 Å². The van der Waals surface area contributed by atoms with Gasteiger partial charge in [-0.05, 0) is 72.8 Å². The molecule has 0 aliphatic carbocycles. The van der Waals surface area contributed by atoms with Gasteiger partial charge in [0, 0.05) is 57.5 Å². The summed E-state index contributed by atoms with van der Waals surface area (Å²) >= 11 is 10.8. The maximum atomic E-state index is 12.7. The normalized spacial score (nSPS) is 13.6. The first-order valence-corrected chi connectivity index (χ1v) is 12.7. The molecule has 1 saturated heterocycles. The van der Waals surface area contributed by atoms with Crippen molar-refractivity contribution in [3.05, 3.63) is 87.9 Å². The molecule has 1 aliphatic heterocycles. The van der Waals surface area contributed by atoms with Crippen LogP contribution in [0, 0.1) is 0 Å². The van der Waals surface area contributed by atoms with Gasteiger partial charge in [-0.15, -0.1) is 11.8 Å². The standard InChI is InChI=1S/C25H23BrClN3O2S/c26-19-3-1-18(2-4-19)25(32)30-15-13-29(14-16-30)22-9-7-21(8-10-22)28-24(31)17-33-23-11-5-20(27)6-12-23/h1-12H,13-17H2,(H,28,31). The minimum Gasteiger partial charge on any atom is -0.368 e. The van der Waals surface area contributed by atoms with Gasteiger partial charge < -0.3 is 15.1 Å². The van der Waals surface area contributed by atoms with Gasteiger partial charge in [0.25, 0.3) is 5.91 Å². The highest BCUT2D eigenvalue weighted by Crippen LogP contribution is 2.23. The first kappa shape index (κ1) is 23.7. The summed E-state index contributed by atoms with van der Waals surface area (Å²) in [7, 11) is 0. The smallest absolute Gasteiger partial charge is 0.253 e. The van der Waals surface area contributed by atoms with Gasteiger partial charge in [0.2, 0.25) is 5.91 Å². The minimum atomic E-state index is -0.0530. The summed E-state index contributed by atoms with van der Waals surface area (Å²) in [6, 6.07) is 22.8. The van der Waals surface area contributed by atoms with E-state index in [0.29, 0.717) is 29.4 Å². The summed E-state index contributed by atoms with van der Waals surface area (Å²) in [6.45, 7) is 2.89. The number of carbonyl (C=O) groups is 2. The number of carbonyl (C=O) groups excluding carboxylic acids is 2. The van der Waals surface area contributed by atoms with Gasteiger partial charge in [-0.25, -0.2) is 0 Å². The van der Waals surface area contributed by atoms with Gasteiger partial charge in [-0.3, -0.25) is 9.59 Å². The zero-order valence-electron chi connectivity index (χ0n) is 17.8. The highest BCUT2D eigenvalue weighted by atomic mass is 79.9. The largest absolute Gasteiger partial charge is 0.368 e. The molecule has 1 heterocycles. The molecule has 0 atom stereocenters. The fraction of sp³-hybridized carbons (Fsp3) is 0.200. The SMILES string of the molecule is O=C(CSc1ccc(Cl)cc1)Nc1ccc(N2CCN(C(=O)c3ccc(Br)cc3)CC2)cc1. The first-order valence-electron chi connectivity index (χ1n) is 10.6. The zero-order chi connectivity index (χ0) is 23.2. The molecule has 4 rings (SSSR count). The third kappa shape index (κ3) is 6.53. The third-order valence-electron chi connectivity index (χ3n) is 5.36. The van der Waals surface area contributed by atoms with Crippen molar-refractivity contribution in [3.8, 4) is 0 Å². The van der Waals surface area contributed by atoms with Crippen molar-refractivity contribution in [1.29, 1.82) is 0 Å².